The molecule has 0 atom stereocenters. The topological polar surface area (TPSA) is 9.23 Å². The highest BCUT2D eigenvalue weighted by Gasteiger charge is 2.16. The number of hydrogen-bond donors (Lipinski definition) is 0. The summed E-state index contributed by atoms with van der Waals surface area (Å²) in [5.41, 5.74) is 4.89. The van der Waals surface area contributed by atoms with Crippen molar-refractivity contribution >= 4 is 27.8 Å². The van der Waals surface area contributed by atoms with Gasteiger partial charge in [-0.1, -0.05) is 52.3 Å². The molecule has 0 fully saturated rings. The van der Waals surface area contributed by atoms with Crippen LogP contribution < -0.4 is 0 Å². The minimum absolute atomic E-state index is 0.676. The number of benzene rings is 2. The molecular weight excluding hydrogens is 288 g/mol. The lowest BCUT2D eigenvalue weighted by Crippen LogP contribution is -1.85. The summed E-state index contributed by atoms with van der Waals surface area (Å²) in [7, 11) is 0. The predicted molar refractivity (Wildman–Crippen MR) is 78.0 cm³/mol. The Morgan fingerprint density at radius 2 is 1.94 bits per heavy atom. The van der Waals surface area contributed by atoms with E-state index in [-0.39, 0.29) is 0 Å². The summed E-state index contributed by atoms with van der Waals surface area (Å²) >= 11 is 3.56. The Morgan fingerprint density at radius 1 is 1.11 bits per heavy atom. The standard InChI is InChI=1S/C16H13BrO/c1-11-12(6-4-8-15(11)17)9-16-14-7-3-2-5-13(14)10-18-16/h2-9H,10H2,1H3/b16-9-. The van der Waals surface area contributed by atoms with E-state index in [4.69, 9.17) is 4.74 Å². The fourth-order valence-electron chi connectivity index (χ4n) is 2.16. The number of hydrogen-bond acceptors (Lipinski definition) is 1. The van der Waals surface area contributed by atoms with Gasteiger partial charge in [0.15, 0.2) is 0 Å². The van der Waals surface area contributed by atoms with Gasteiger partial charge in [0, 0.05) is 15.6 Å². The average Bonchev–Trinajstić information content (AvgIpc) is 2.79. The molecule has 0 radical (unpaired) electrons. The highest BCUT2D eigenvalue weighted by Crippen LogP contribution is 2.32. The molecule has 18 heavy (non-hydrogen) atoms. The van der Waals surface area contributed by atoms with Gasteiger partial charge < -0.3 is 4.74 Å². The molecule has 0 saturated carbocycles. The molecule has 0 aromatic heterocycles. The Morgan fingerprint density at radius 3 is 2.83 bits per heavy atom. The Hall–Kier alpha value is -1.54. The number of fused-ring (bicyclic) bond motifs is 1. The van der Waals surface area contributed by atoms with Crippen LogP contribution in [0.5, 0.6) is 0 Å². The smallest absolute Gasteiger partial charge is 0.128 e. The fraction of sp³-hybridized carbons (Fsp3) is 0.125. The molecule has 1 nitrogen and oxygen atoms in total. The molecule has 0 saturated heterocycles. The largest absolute Gasteiger partial charge is 0.488 e. The minimum atomic E-state index is 0.676. The first-order chi connectivity index (χ1) is 8.75. The van der Waals surface area contributed by atoms with Crippen molar-refractivity contribution in [3.63, 3.8) is 0 Å². The molecular formula is C16H13BrO. The average molecular weight is 301 g/mol. The van der Waals surface area contributed by atoms with Crippen molar-refractivity contribution in [1.29, 1.82) is 0 Å². The monoisotopic (exact) mass is 300 g/mol. The third-order valence-corrected chi connectivity index (χ3v) is 4.12. The van der Waals surface area contributed by atoms with Gasteiger partial charge in [-0.2, -0.15) is 0 Å². The van der Waals surface area contributed by atoms with E-state index >= 15 is 0 Å². The van der Waals surface area contributed by atoms with Crippen molar-refractivity contribution in [2.45, 2.75) is 13.5 Å². The van der Waals surface area contributed by atoms with Crippen molar-refractivity contribution in [3.05, 3.63) is 69.2 Å². The molecule has 0 amide bonds. The van der Waals surface area contributed by atoms with E-state index in [1.165, 1.54) is 22.3 Å². The van der Waals surface area contributed by atoms with Crippen LogP contribution in [0.4, 0.5) is 0 Å². The summed E-state index contributed by atoms with van der Waals surface area (Å²) in [6, 6.07) is 14.5. The lowest BCUT2D eigenvalue weighted by atomic mass is 10.0. The second kappa shape index (κ2) is 4.62. The van der Waals surface area contributed by atoms with Crippen LogP contribution in [0, 0.1) is 6.92 Å². The summed E-state index contributed by atoms with van der Waals surface area (Å²) in [6.45, 7) is 2.78. The highest BCUT2D eigenvalue weighted by molar-refractivity contribution is 9.10. The van der Waals surface area contributed by atoms with Gasteiger partial charge in [-0.25, -0.2) is 0 Å². The van der Waals surface area contributed by atoms with Gasteiger partial charge in [-0.15, -0.1) is 0 Å². The zero-order chi connectivity index (χ0) is 12.5. The van der Waals surface area contributed by atoms with Crippen molar-refractivity contribution in [1.82, 2.24) is 0 Å². The Bertz CT molecular complexity index is 629. The maximum Gasteiger partial charge on any atom is 0.128 e. The molecule has 1 heterocycles. The van der Waals surface area contributed by atoms with Crippen molar-refractivity contribution in [2.24, 2.45) is 0 Å². The van der Waals surface area contributed by atoms with Gasteiger partial charge in [0.05, 0.1) is 0 Å². The third kappa shape index (κ3) is 1.97. The van der Waals surface area contributed by atoms with Crippen molar-refractivity contribution < 1.29 is 4.74 Å². The molecule has 2 aromatic carbocycles. The SMILES string of the molecule is Cc1c(Br)cccc1/C=C1\OCc2ccccc21. The van der Waals surface area contributed by atoms with Crippen LogP contribution in [-0.2, 0) is 11.3 Å². The summed E-state index contributed by atoms with van der Waals surface area (Å²) in [5.74, 6) is 0.965. The molecule has 0 aliphatic carbocycles. The molecule has 0 bridgehead atoms. The summed E-state index contributed by atoms with van der Waals surface area (Å²) in [5, 5.41) is 0. The predicted octanol–water partition coefficient (Wildman–Crippen LogP) is 4.79. The van der Waals surface area contributed by atoms with E-state index in [2.05, 4.69) is 65.3 Å². The third-order valence-electron chi connectivity index (χ3n) is 3.26. The van der Waals surface area contributed by atoms with Gasteiger partial charge in [0.25, 0.3) is 0 Å². The second-order valence-electron chi connectivity index (χ2n) is 4.41. The molecule has 1 aliphatic rings. The molecule has 0 N–H and O–H groups in total. The Kier molecular flexibility index (Phi) is 2.96. The van der Waals surface area contributed by atoms with E-state index in [9.17, 15) is 0 Å². The first kappa shape index (κ1) is 11.5. The van der Waals surface area contributed by atoms with Crippen LogP contribution in [-0.4, -0.2) is 0 Å². The van der Waals surface area contributed by atoms with Gasteiger partial charge >= 0.3 is 0 Å². The van der Waals surface area contributed by atoms with E-state index < -0.39 is 0 Å². The summed E-state index contributed by atoms with van der Waals surface area (Å²) in [4.78, 5) is 0. The van der Waals surface area contributed by atoms with Crippen LogP contribution in [0.2, 0.25) is 0 Å². The molecule has 3 rings (SSSR count). The normalized spacial score (nSPS) is 15.6. The zero-order valence-electron chi connectivity index (χ0n) is 10.1. The molecule has 2 heteroatoms. The molecule has 0 spiro atoms. The van der Waals surface area contributed by atoms with Crippen LogP contribution in [0.1, 0.15) is 22.3 Å². The lowest BCUT2D eigenvalue weighted by molar-refractivity contribution is 0.287. The molecule has 2 aromatic rings. The van der Waals surface area contributed by atoms with E-state index in [1.54, 1.807) is 0 Å². The minimum Gasteiger partial charge on any atom is -0.488 e. The first-order valence-electron chi connectivity index (χ1n) is 5.93. The number of ether oxygens (including phenoxy) is 1. The van der Waals surface area contributed by atoms with Crippen LogP contribution in [0.25, 0.3) is 11.8 Å². The number of rotatable bonds is 1. The highest BCUT2D eigenvalue weighted by atomic mass is 79.9. The van der Waals surface area contributed by atoms with Gasteiger partial charge in [-0.05, 0) is 30.2 Å². The van der Waals surface area contributed by atoms with Gasteiger partial charge in [0.1, 0.15) is 12.4 Å². The molecule has 1 aliphatic heterocycles. The Labute approximate surface area is 115 Å². The van der Waals surface area contributed by atoms with E-state index in [1.807, 2.05) is 6.07 Å². The maximum absolute atomic E-state index is 5.77. The van der Waals surface area contributed by atoms with Crippen LogP contribution in [0.3, 0.4) is 0 Å². The van der Waals surface area contributed by atoms with E-state index in [0.29, 0.717) is 6.61 Å². The van der Waals surface area contributed by atoms with Crippen LogP contribution in [0.15, 0.2) is 46.9 Å². The molecule has 0 unspecified atom stereocenters. The second-order valence-corrected chi connectivity index (χ2v) is 5.26. The lowest BCUT2D eigenvalue weighted by Gasteiger charge is -2.05. The Balaban J connectivity index is 2.07. The summed E-state index contributed by atoms with van der Waals surface area (Å²) in [6.07, 6.45) is 2.12. The zero-order valence-corrected chi connectivity index (χ0v) is 11.7. The summed E-state index contributed by atoms with van der Waals surface area (Å²) < 4.78 is 6.90. The first-order valence-corrected chi connectivity index (χ1v) is 6.73. The molecule has 90 valence electrons. The number of halogens is 1. The van der Waals surface area contributed by atoms with Gasteiger partial charge in [-0.3, -0.25) is 0 Å². The fourth-order valence-corrected chi connectivity index (χ4v) is 2.54. The van der Waals surface area contributed by atoms with Crippen LogP contribution >= 0.6 is 15.9 Å². The quantitative estimate of drug-likeness (QED) is 0.736. The van der Waals surface area contributed by atoms with Crippen molar-refractivity contribution in [3.8, 4) is 0 Å². The van der Waals surface area contributed by atoms with Crippen molar-refractivity contribution in [2.75, 3.05) is 0 Å². The maximum atomic E-state index is 5.77. The van der Waals surface area contributed by atoms with E-state index in [0.717, 1.165) is 10.2 Å². The van der Waals surface area contributed by atoms with Gasteiger partial charge in [0.2, 0.25) is 0 Å².